The lowest BCUT2D eigenvalue weighted by atomic mass is 9.85. The van der Waals surface area contributed by atoms with Crippen LogP contribution >= 0.6 is 0 Å². The Morgan fingerprint density at radius 2 is 2.06 bits per heavy atom. The second kappa shape index (κ2) is 9.37. The van der Waals surface area contributed by atoms with E-state index >= 15 is 0 Å². The van der Waals surface area contributed by atoms with Crippen molar-refractivity contribution >= 4 is 11.8 Å². The van der Waals surface area contributed by atoms with Crippen LogP contribution in [0.5, 0.6) is 0 Å². The zero-order valence-electron chi connectivity index (χ0n) is 17.6. The first kappa shape index (κ1) is 21.8. The number of hydrogen-bond donors (Lipinski definition) is 2. The number of nitrogens with one attached hydrogen (secondary N) is 2. The number of aryl methyl sites for hydroxylation is 1. The topological polar surface area (TPSA) is 89.8 Å². The van der Waals surface area contributed by atoms with Gasteiger partial charge in [-0.25, -0.2) is 4.98 Å². The Kier molecular flexibility index (Phi) is 6.59. The molecule has 1 aliphatic heterocycles. The van der Waals surface area contributed by atoms with Crippen molar-refractivity contribution in [3.63, 3.8) is 0 Å². The van der Waals surface area contributed by atoms with Gasteiger partial charge in [0.05, 0.1) is 6.61 Å². The molecule has 2 aliphatic rings. The Balaban J connectivity index is 1.47. The average molecular weight is 439 g/mol. The van der Waals surface area contributed by atoms with E-state index < -0.39 is 11.7 Å². The molecule has 2 N–H and O–H groups in total. The molecule has 2 atom stereocenters. The van der Waals surface area contributed by atoms with Gasteiger partial charge in [0.2, 0.25) is 5.95 Å². The van der Waals surface area contributed by atoms with E-state index in [-0.39, 0.29) is 36.9 Å². The molecule has 0 aromatic carbocycles. The molecule has 170 valence electrons. The summed E-state index contributed by atoms with van der Waals surface area (Å²) in [4.78, 5) is 8.06. The maximum absolute atomic E-state index is 13.3. The molecule has 0 saturated heterocycles. The quantitative estimate of drug-likeness (QED) is 0.637. The molecule has 0 bridgehead atoms. The van der Waals surface area contributed by atoms with Gasteiger partial charge >= 0.3 is 6.18 Å². The Bertz CT molecular complexity index is 886. The second-order valence-corrected chi connectivity index (χ2v) is 8.16. The number of anilines is 2. The van der Waals surface area contributed by atoms with E-state index in [0.29, 0.717) is 0 Å². The van der Waals surface area contributed by atoms with Crippen molar-refractivity contribution < 1.29 is 17.9 Å². The first-order valence-corrected chi connectivity index (χ1v) is 10.8. The zero-order valence-corrected chi connectivity index (χ0v) is 17.6. The van der Waals surface area contributed by atoms with Crippen molar-refractivity contribution in [3.05, 3.63) is 23.4 Å². The number of ether oxygens (including phenoxy) is 1. The van der Waals surface area contributed by atoms with Crippen molar-refractivity contribution in [2.24, 2.45) is 0 Å². The fraction of sp³-hybridized carbons (Fsp3) is 0.700. The monoisotopic (exact) mass is 439 g/mol. The SMILES string of the molecule is COCCNc1nc(N[C@@H]2CCC[C@H](c3nnc4n3CCCC4)C2)ncc1C(F)(F)F. The maximum Gasteiger partial charge on any atom is 0.421 e. The second-order valence-electron chi connectivity index (χ2n) is 8.16. The summed E-state index contributed by atoms with van der Waals surface area (Å²) in [5, 5.41) is 14.8. The highest BCUT2D eigenvalue weighted by Crippen LogP contribution is 2.36. The van der Waals surface area contributed by atoms with Gasteiger partial charge in [0.25, 0.3) is 0 Å². The normalized spacial score (nSPS) is 21.5. The lowest BCUT2D eigenvalue weighted by molar-refractivity contribution is -0.137. The Morgan fingerprint density at radius 3 is 2.87 bits per heavy atom. The predicted octanol–water partition coefficient (Wildman–Crippen LogP) is 3.62. The third kappa shape index (κ3) is 5.08. The summed E-state index contributed by atoms with van der Waals surface area (Å²) in [7, 11) is 1.49. The van der Waals surface area contributed by atoms with Crippen LogP contribution in [0.2, 0.25) is 0 Å². The molecule has 2 aromatic heterocycles. The summed E-state index contributed by atoms with van der Waals surface area (Å²) >= 11 is 0. The number of rotatable bonds is 7. The van der Waals surface area contributed by atoms with Crippen molar-refractivity contribution in [3.8, 4) is 0 Å². The lowest BCUT2D eigenvalue weighted by Gasteiger charge is -2.30. The lowest BCUT2D eigenvalue weighted by Crippen LogP contribution is -2.29. The van der Waals surface area contributed by atoms with E-state index in [1.54, 1.807) is 0 Å². The molecule has 1 saturated carbocycles. The molecule has 31 heavy (non-hydrogen) atoms. The number of halogens is 3. The van der Waals surface area contributed by atoms with Gasteiger partial charge in [0, 0.05) is 44.8 Å². The van der Waals surface area contributed by atoms with Gasteiger partial charge in [0.1, 0.15) is 23.0 Å². The first-order chi connectivity index (χ1) is 15.0. The Hall–Kier alpha value is -2.43. The Morgan fingerprint density at radius 1 is 1.19 bits per heavy atom. The van der Waals surface area contributed by atoms with Gasteiger partial charge in [-0.15, -0.1) is 10.2 Å². The molecule has 1 aliphatic carbocycles. The van der Waals surface area contributed by atoms with E-state index in [1.807, 2.05) is 0 Å². The number of fused-ring (bicyclic) bond motifs is 1. The van der Waals surface area contributed by atoms with Crippen LogP contribution in [0.25, 0.3) is 0 Å². The van der Waals surface area contributed by atoms with Crippen LogP contribution in [0.4, 0.5) is 24.9 Å². The van der Waals surface area contributed by atoms with Crippen molar-refractivity contribution in [1.29, 1.82) is 0 Å². The van der Waals surface area contributed by atoms with Crippen LogP contribution in [0.3, 0.4) is 0 Å². The van der Waals surface area contributed by atoms with Crippen LogP contribution < -0.4 is 10.6 Å². The van der Waals surface area contributed by atoms with Crippen molar-refractivity contribution in [2.45, 2.75) is 69.6 Å². The van der Waals surface area contributed by atoms with E-state index in [2.05, 4.69) is 35.4 Å². The molecule has 11 heteroatoms. The van der Waals surface area contributed by atoms with Crippen LogP contribution in [0, 0.1) is 0 Å². The fourth-order valence-corrected chi connectivity index (χ4v) is 4.44. The average Bonchev–Trinajstić information content (AvgIpc) is 3.18. The number of hydrogen-bond acceptors (Lipinski definition) is 7. The van der Waals surface area contributed by atoms with Crippen molar-refractivity contribution in [2.75, 3.05) is 30.9 Å². The van der Waals surface area contributed by atoms with Gasteiger partial charge in [-0.2, -0.15) is 18.2 Å². The largest absolute Gasteiger partial charge is 0.421 e. The minimum Gasteiger partial charge on any atom is -0.383 e. The van der Waals surface area contributed by atoms with Crippen LogP contribution in [0.1, 0.15) is 61.7 Å². The molecule has 1 fully saturated rings. The molecule has 0 amide bonds. The van der Waals surface area contributed by atoms with Crippen LogP contribution in [-0.2, 0) is 23.9 Å². The fourth-order valence-electron chi connectivity index (χ4n) is 4.44. The van der Waals surface area contributed by atoms with E-state index in [1.165, 1.54) is 7.11 Å². The third-order valence-corrected chi connectivity index (χ3v) is 5.95. The molecule has 8 nitrogen and oxygen atoms in total. The third-order valence-electron chi connectivity index (χ3n) is 5.95. The predicted molar refractivity (Wildman–Crippen MR) is 109 cm³/mol. The highest BCUT2D eigenvalue weighted by Gasteiger charge is 2.35. The smallest absolute Gasteiger partial charge is 0.383 e. The molecule has 0 radical (unpaired) electrons. The van der Waals surface area contributed by atoms with E-state index in [9.17, 15) is 13.2 Å². The number of methoxy groups -OCH3 is 1. The summed E-state index contributed by atoms with van der Waals surface area (Å²) < 4.78 is 47.1. The first-order valence-electron chi connectivity index (χ1n) is 10.8. The van der Waals surface area contributed by atoms with E-state index in [4.69, 9.17) is 4.74 Å². The molecule has 0 unspecified atom stereocenters. The summed E-state index contributed by atoms with van der Waals surface area (Å²) in [6.07, 6.45) is 3.35. The highest BCUT2D eigenvalue weighted by atomic mass is 19.4. The highest BCUT2D eigenvalue weighted by molar-refractivity contribution is 5.49. The maximum atomic E-state index is 13.3. The van der Waals surface area contributed by atoms with Gasteiger partial charge in [0.15, 0.2) is 0 Å². The van der Waals surface area contributed by atoms with Crippen LogP contribution in [0.15, 0.2) is 6.20 Å². The van der Waals surface area contributed by atoms with Gasteiger partial charge < -0.3 is 19.9 Å². The van der Waals surface area contributed by atoms with Gasteiger partial charge in [-0.1, -0.05) is 6.42 Å². The van der Waals surface area contributed by atoms with Gasteiger partial charge in [-0.3, -0.25) is 0 Å². The molecule has 0 spiro atoms. The molecular weight excluding hydrogens is 411 g/mol. The summed E-state index contributed by atoms with van der Waals surface area (Å²) in [6.45, 7) is 1.46. The molecular formula is C20H28F3N7O. The van der Waals surface area contributed by atoms with Crippen molar-refractivity contribution in [1.82, 2.24) is 24.7 Å². The van der Waals surface area contributed by atoms with Gasteiger partial charge in [-0.05, 0) is 32.1 Å². The number of aromatic nitrogens is 5. The molecule has 3 heterocycles. The van der Waals surface area contributed by atoms with Crippen LogP contribution in [-0.4, -0.2) is 51.0 Å². The zero-order chi connectivity index (χ0) is 21.8. The summed E-state index contributed by atoms with van der Waals surface area (Å²) in [6, 6.07) is 0.0684. The number of alkyl halides is 3. The van der Waals surface area contributed by atoms with E-state index in [0.717, 1.165) is 69.3 Å². The summed E-state index contributed by atoms with van der Waals surface area (Å²) in [5.74, 6) is 2.34. The minimum absolute atomic E-state index is 0.0684. The minimum atomic E-state index is -4.53. The Labute approximate surface area is 179 Å². The molecule has 4 rings (SSSR count). The standard InChI is InChI=1S/C20H28F3N7O/c1-31-10-8-24-17-15(20(21,22)23)12-25-19(27-17)26-14-6-4-5-13(11-14)18-29-28-16-7-2-3-9-30(16)18/h12-14H,2-11H2,1H3,(H2,24,25,26,27)/t13-,14+/m0/s1. The molecule has 2 aromatic rings. The summed E-state index contributed by atoms with van der Waals surface area (Å²) in [5.41, 5.74) is -0.884. The number of nitrogens with zero attached hydrogens (tertiary/aromatic N) is 5.